The summed E-state index contributed by atoms with van der Waals surface area (Å²) in [6.07, 6.45) is 7.93. The first-order chi connectivity index (χ1) is 8.61. The molecule has 2 heterocycles. The number of nitrogens with zero attached hydrogens (tertiary/aromatic N) is 5. The minimum Gasteiger partial charge on any atom is -0.258 e. The molecule has 0 spiro atoms. The molecule has 0 N–H and O–H groups in total. The highest BCUT2D eigenvalue weighted by Gasteiger charge is 2.14. The van der Waals surface area contributed by atoms with E-state index >= 15 is 0 Å². The predicted octanol–water partition coefficient (Wildman–Crippen LogP) is 1.91. The van der Waals surface area contributed by atoms with Crippen LogP contribution in [-0.4, -0.2) is 30.9 Å². The predicted molar refractivity (Wildman–Crippen MR) is 66.5 cm³/mol. The van der Waals surface area contributed by atoms with Crippen LogP contribution in [0.15, 0.2) is 29.9 Å². The second kappa shape index (κ2) is 5.13. The van der Waals surface area contributed by atoms with E-state index in [1.807, 2.05) is 13.2 Å². The Kier molecular flexibility index (Phi) is 3.56. The van der Waals surface area contributed by atoms with Gasteiger partial charge in [-0.2, -0.15) is 5.10 Å². The average molecular weight is 265 g/mol. The molecule has 0 saturated heterocycles. The van der Waals surface area contributed by atoms with E-state index < -0.39 is 4.92 Å². The Balaban J connectivity index is 2.23. The molecule has 0 aliphatic rings. The molecule has 2 rings (SSSR count). The third-order valence-electron chi connectivity index (χ3n) is 2.51. The van der Waals surface area contributed by atoms with Crippen LogP contribution in [0.1, 0.15) is 18.5 Å². The normalized spacial score (nSPS) is 12.3. The van der Waals surface area contributed by atoms with E-state index in [0.717, 1.165) is 5.56 Å². The second-order valence-electron chi connectivity index (χ2n) is 3.61. The smallest absolute Gasteiger partial charge is 0.258 e. The van der Waals surface area contributed by atoms with Gasteiger partial charge in [0.2, 0.25) is 0 Å². The number of rotatable bonds is 4. The maximum absolute atomic E-state index is 10.6. The highest BCUT2D eigenvalue weighted by Crippen LogP contribution is 2.19. The Morgan fingerprint density at radius 2 is 2.06 bits per heavy atom. The summed E-state index contributed by atoms with van der Waals surface area (Å²) in [4.78, 5) is 18.4. The maximum Gasteiger partial charge on any atom is 0.307 e. The van der Waals surface area contributed by atoms with Gasteiger partial charge in [-0.3, -0.25) is 14.8 Å². The Morgan fingerprint density at radius 1 is 1.39 bits per heavy atom. The van der Waals surface area contributed by atoms with Crippen molar-refractivity contribution in [1.82, 2.24) is 19.7 Å². The first-order valence-corrected chi connectivity index (χ1v) is 6.38. The maximum atomic E-state index is 10.6. The highest BCUT2D eigenvalue weighted by molar-refractivity contribution is 7.98. The summed E-state index contributed by atoms with van der Waals surface area (Å²) in [5, 5.41) is 15.2. The largest absolute Gasteiger partial charge is 0.307 e. The van der Waals surface area contributed by atoms with Gasteiger partial charge in [-0.15, -0.1) is 0 Å². The number of thioether (sulfide) groups is 1. The van der Waals surface area contributed by atoms with E-state index in [9.17, 15) is 10.1 Å². The van der Waals surface area contributed by atoms with Gasteiger partial charge in [0.25, 0.3) is 0 Å². The number of hydrogen-bond acceptors (Lipinski definition) is 6. The van der Waals surface area contributed by atoms with Gasteiger partial charge in [0.15, 0.2) is 5.16 Å². The van der Waals surface area contributed by atoms with E-state index in [1.54, 1.807) is 12.4 Å². The van der Waals surface area contributed by atoms with Crippen LogP contribution < -0.4 is 0 Å². The summed E-state index contributed by atoms with van der Waals surface area (Å²) in [5.41, 5.74) is 0.828. The lowest BCUT2D eigenvalue weighted by molar-refractivity contribution is -0.385. The fourth-order valence-corrected chi connectivity index (χ4v) is 1.75. The van der Waals surface area contributed by atoms with Crippen LogP contribution in [0.5, 0.6) is 0 Å². The van der Waals surface area contributed by atoms with E-state index in [-0.39, 0.29) is 11.7 Å². The molecule has 0 bridgehead atoms. The third-order valence-corrected chi connectivity index (χ3v) is 3.08. The molecule has 2 aromatic rings. The van der Waals surface area contributed by atoms with Gasteiger partial charge in [0.1, 0.15) is 12.4 Å². The van der Waals surface area contributed by atoms with Crippen LogP contribution in [0.3, 0.4) is 0 Å². The Bertz CT molecular complexity index is 554. The summed E-state index contributed by atoms with van der Waals surface area (Å²) in [6, 6.07) is -0.144. The Labute approximate surface area is 107 Å². The van der Waals surface area contributed by atoms with E-state index in [2.05, 4.69) is 15.1 Å². The van der Waals surface area contributed by atoms with Crippen LogP contribution in [0.25, 0.3) is 0 Å². The van der Waals surface area contributed by atoms with Gasteiger partial charge in [0, 0.05) is 18.0 Å². The number of hydrogen-bond donors (Lipinski definition) is 0. The topological polar surface area (TPSA) is 86.7 Å². The van der Waals surface area contributed by atoms with E-state index in [1.165, 1.54) is 28.8 Å². The summed E-state index contributed by atoms with van der Waals surface area (Å²) < 4.78 is 1.52. The van der Waals surface area contributed by atoms with Crippen molar-refractivity contribution in [2.75, 3.05) is 6.26 Å². The Morgan fingerprint density at radius 3 is 2.56 bits per heavy atom. The summed E-state index contributed by atoms with van der Waals surface area (Å²) in [7, 11) is 0. The molecule has 1 unspecified atom stereocenters. The van der Waals surface area contributed by atoms with Crippen molar-refractivity contribution in [3.05, 3.63) is 40.5 Å². The standard InChI is InChI=1S/C10H11N5O2S/c1-7(8-3-11-10(18-2)12-4-8)14-6-9(5-13-14)15(16)17/h3-7H,1-2H3. The lowest BCUT2D eigenvalue weighted by atomic mass is 10.2. The fourth-order valence-electron chi connectivity index (χ4n) is 1.43. The molecule has 0 aromatic carbocycles. The second-order valence-corrected chi connectivity index (χ2v) is 4.39. The van der Waals surface area contributed by atoms with Crippen LogP contribution in [0.2, 0.25) is 0 Å². The lowest BCUT2D eigenvalue weighted by Gasteiger charge is -2.11. The summed E-state index contributed by atoms with van der Waals surface area (Å²) in [6.45, 7) is 1.88. The quantitative estimate of drug-likeness (QED) is 0.363. The fraction of sp³-hybridized carbons (Fsp3) is 0.300. The number of nitro groups is 1. The van der Waals surface area contributed by atoms with Gasteiger partial charge in [0.05, 0.1) is 11.0 Å². The molecule has 0 amide bonds. The monoisotopic (exact) mass is 265 g/mol. The van der Waals surface area contributed by atoms with Gasteiger partial charge in [-0.05, 0) is 13.2 Å². The minimum atomic E-state index is -0.469. The molecule has 2 aromatic heterocycles. The molecule has 0 fully saturated rings. The molecular formula is C10H11N5O2S. The van der Waals surface area contributed by atoms with Crippen molar-refractivity contribution in [2.45, 2.75) is 18.1 Å². The minimum absolute atomic E-state index is 0.0245. The average Bonchev–Trinajstić information content (AvgIpc) is 2.88. The molecule has 8 heteroatoms. The molecule has 18 heavy (non-hydrogen) atoms. The van der Waals surface area contributed by atoms with Gasteiger partial charge >= 0.3 is 5.69 Å². The highest BCUT2D eigenvalue weighted by atomic mass is 32.2. The van der Waals surface area contributed by atoms with Crippen molar-refractivity contribution in [1.29, 1.82) is 0 Å². The zero-order chi connectivity index (χ0) is 13.1. The van der Waals surface area contributed by atoms with Crippen LogP contribution in [0.4, 0.5) is 5.69 Å². The summed E-state index contributed by atoms with van der Waals surface area (Å²) >= 11 is 1.46. The van der Waals surface area contributed by atoms with Crippen molar-refractivity contribution >= 4 is 17.4 Å². The van der Waals surface area contributed by atoms with E-state index in [4.69, 9.17) is 0 Å². The molecule has 94 valence electrons. The SMILES string of the molecule is CSc1ncc(C(C)n2cc([N+](=O)[O-])cn2)cn1. The van der Waals surface area contributed by atoms with Gasteiger partial charge in [-0.25, -0.2) is 9.97 Å². The lowest BCUT2D eigenvalue weighted by Crippen LogP contribution is -2.08. The zero-order valence-electron chi connectivity index (χ0n) is 9.85. The van der Waals surface area contributed by atoms with Crippen molar-refractivity contribution in [2.24, 2.45) is 0 Å². The molecule has 1 atom stereocenters. The molecule has 0 aliphatic heterocycles. The number of aromatic nitrogens is 4. The van der Waals surface area contributed by atoms with Crippen molar-refractivity contribution in [3.8, 4) is 0 Å². The zero-order valence-corrected chi connectivity index (χ0v) is 10.7. The van der Waals surface area contributed by atoms with Crippen LogP contribution in [0, 0.1) is 10.1 Å². The molecule has 0 aliphatic carbocycles. The first kappa shape index (κ1) is 12.5. The molecule has 0 saturated carbocycles. The van der Waals surface area contributed by atoms with Crippen molar-refractivity contribution < 1.29 is 4.92 Å². The summed E-state index contributed by atoms with van der Waals surface area (Å²) in [5.74, 6) is 0. The van der Waals surface area contributed by atoms with Gasteiger partial charge in [-0.1, -0.05) is 11.8 Å². The van der Waals surface area contributed by atoms with Crippen LogP contribution in [-0.2, 0) is 0 Å². The molecular weight excluding hydrogens is 254 g/mol. The van der Waals surface area contributed by atoms with E-state index in [0.29, 0.717) is 5.16 Å². The molecule has 0 radical (unpaired) electrons. The van der Waals surface area contributed by atoms with Crippen LogP contribution >= 0.6 is 11.8 Å². The van der Waals surface area contributed by atoms with Crippen molar-refractivity contribution in [3.63, 3.8) is 0 Å². The third kappa shape index (κ3) is 2.48. The molecule has 7 nitrogen and oxygen atoms in total. The first-order valence-electron chi connectivity index (χ1n) is 5.16. The Hall–Kier alpha value is -1.96. The van der Waals surface area contributed by atoms with Gasteiger partial charge < -0.3 is 0 Å².